The molecule has 2 aliphatic carbocycles. The number of hydrogen-bond donors (Lipinski definition) is 0. The van der Waals surface area contributed by atoms with Gasteiger partial charge < -0.3 is 0 Å². The number of hydrogen-bond acceptors (Lipinski definition) is 0. The van der Waals surface area contributed by atoms with Crippen LogP contribution in [0.4, 0.5) is 0 Å². The Hall–Kier alpha value is -6.50. The lowest BCUT2D eigenvalue weighted by molar-refractivity contribution is 0.660. The van der Waals surface area contributed by atoms with Gasteiger partial charge in [0, 0.05) is 10.8 Å². The van der Waals surface area contributed by atoms with Gasteiger partial charge in [-0.25, -0.2) is 0 Å². The zero-order valence-corrected chi connectivity index (χ0v) is 32.3. The highest BCUT2D eigenvalue weighted by atomic mass is 14.4. The Morgan fingerprint density at radius 2 is 0.696 bits per heavy atom. The van der Waals surface area contributed by atoms with Crippen molar-refractivity contribution in [3.8, 4) is 66.8 Å². The summed E-state index contributed by atoms with van der Waals surface area (Å²) in [6, 6.07) is 68.5. The fourth-order valence-electron chi connectivity index (χ4n) is 9.95. The van der Waals surface area contributed by atoms with E-state index in [9.17, 15) is 0 Å². The molecule has 266 valence electrons. The van der Waals surface area contributed by atoms with Gasteiger partial charge in [-0.15, -0.1) is 0 Å². The minimum Gasteiger partial charge on any atom is -0.0622 e. The molecule has 9 aromatic carbocycles. The molecule has 0 saturated carbocycles. The van der Waals surface area contributed by atoms with E-state index in [4.69, 9.17) is 0 Å². The first-order valence-corrected chi connectivity index (χ1v) is 19.9. The summed E-state index contributed by atoms with van der Waals surface area (Å²) in [5.41, 5.74) is 20.7. The average Bonchev–Trinajstić information content (AvgIpc) is 3.61. The van der Waals surface area contributed by atoms with Gasteiger partial charge in [-0.1, -0.05) is 161 Å². The Kier molecular flexibility index (Phi) is 7.05. The van der Waals surface area contributed by atoms with E-state index < -0.39 is 0 Å². The van der Waals surface area contributed by atoms with Gasteiger partial charge in [0.25, 0.3) is 0 Å². The van der Waals surface area contributed by atoms with Crippen LogP contribution in [-0.4, -0.2) is 0 Å². The lowest BCUT2D eigenvalue weighted by atomic mass is 9.81. The Labute approximate surface area is 329 Å². The van der Waals surface area contributed by atoms with Crippen LogP contribution in [0.2, 0.25) is 0 Å². The second kappa shape index (κ2) is 12.0. The van der Waals surface area contributed by atoms with Crippen LogP contribution in [-0.2, 0) is 10.8 Å². The van der Waals surface area contributed by atoms with Crippen LogP contribution in [0.25, 0.3) is 88.3 Å². The first-order valence-electron chi connectivity index (χ1n) is 19.9. The van der Waals surface area contributed by atoms with E-state index in [0.29, 0.717) is 0 Å². The monoisotopic (exact) mass is 714 g/mol. The molecule has 0 nitrogen and oxygen atoms in total. The highest BCUT2D eigenvalue weighted by molar-refractivity contribution is 6.11. The van der Waals surface area contributed by atoms with E-state index in [-0.39, 0.29) is 10.8 Å². The van der Waals surface area contributed by atoms with Crippen LogP contribution < -0.4 is 0 Å². The molecule has 0 fully saturated rings. The molecule has 0 aliphatic heterocycles. The van der Waals surface area contributed by atoms with Crippen LogP contribution in [0.5, 0.6) is 0 Å². The average molecular weight is 715 g/mol. The largest absolute Gasteiger partial charge is 0.0622 e. The van der Waals surface area contributed by atoms with Crippen LogP contribution in [0.3, 0.4) is 0 Å². The minimum atomic E-state index is -0.0676. The van der Waals surface area contributed by atoms with Crippen LogP contribution in [0.15, 0.2) is 182 Å². The zero-order chi connectivity index (χ0) is 37.8. The molecule has 11 rings (SSSR count). The molecule has 0 radical (unpaired) electrons. The molecular formula is C56H42. The van der Waals surface area contributed by atoms with Gasteiger partial charge in [0.15, 0.2) is 0 Å². The number of fused-ring (bicyclic) bond motifs is 9. The van der Waals surface area contributed by atoms with Gasteiger partial charge in [-0.3, -0.25) is 0 Å². The van der Waals surface area contributed by atoms with Gasteiger partial charge in [0.1, 0.15) is 0 Å². The summed E-state index contributed by atoms with van der Waals surface area (Å²) in [5, 5.41) is 5.16. The second-order valence-corrected chi connectivity index (χ2v) is 17.0. The third kappa shape index (κ3) is 4.92. The van der Waals surface area contributed by atoms with Crippen molar-refractivity contribution < 1.29 is 0 Å². The lowest BCUT2D eigenvalue weighted by Gasteiger charge is -2.22. The van der Waals surface area contributed by atoms with Gasteiger partial charge in [0.2, 0.25) is 0 Å². The van der Waals surface area contributed by atoms with Crippen LogP contribution in [0, 0.1) is 0 Å². The summed E-state index contributed by atoms with van der Waals surface area (Å²) in [5.74, 6) is 0. The van der Waals surface area contributed by atoms with Gasteiger partial charge in [-0.2, -0.15) is 0 Å². The Bertz CT molecular complexity index is 3060. The fraction of sp³-hybridized carbons (Fsp3) is 0.107. The smallest absolute Gasteiger partial charge is 0.0159 e. The Morgan fingerprint density at radius 3 is 1.39 bits per heavy atom. The highest BCUT2D eigenvalue weighted by Crippen LogP contribution is 2.52. The van der Waals surface area contributed by atoms with Gasteiger partial charge >= 0.3 is 0 Å². The normalized spacial score (nSPS) is 14.4. The summed E-state index contributed by atoms with van der Waals surface area (Å²) in [7, 11) is 0. The molecule has 0 aromatic heterocycles. The molecule has 0 amide bonds. The molecule has 9 aromatic rings. The maximum atomic E-state index is 2.48. The molecule has 0 saturated heterocycles. The predicted octanol–water partition coefficient (Wildman–Crippen LogP) is 15.3. The number of rotatable bonds is 4. The molecule has 0 unspecified atom stereocenters. The van der Waals surface area contributed by atoms with Crippen LogP contribution in [0.1, 0.15) is 49.9 Å². The van der Waals surface area contributed by atoms with Gasteiger partial charge in [-0.05, 0) is 159 Å². The van der Waals surface area contributed by atoms with Gasteiger partial charge in [0.05, 0.1) is 0 Å². The van der Waals surface area contributed by atoms with Crippen molar-refractivity contribution >= 4 is 21.5 Å². The van der Waals surface area contributed by atoms with E-state index in [0.717, 1.165) is 0 Å². The third-order valence-electron chi connectivity index (χ3n) is 13.0. The quantitative estimate of drug-likeness (QED) is 0.159. The molecular weight excluding hydrogens is 673 g/mol. The summed E-state index contributed by atoms with van der Waals surface area (Å²) in [4.78, 5) is 0. The maximum Gasteiger partial charge on any atom is 0.0159 e. The van der Waals surface area contributed by atoms with Crippen molar-refractivity contribution in [2.24, 2.45) is 0 Å². The highest BCUT2D eigenvalue weighted by Gasteiger charge is 2.36. The third-order valence-corrected chi connectivity index (χ3v) is 13.0. The molecule has 0 N–H and O–H groups in total. The fourth-order valence-corrected chi connectivity index (χ4v) is 9.95. The Morgan fingerprint density at radius 1 is 0.250 bits per heavy atom. The molecule has 2 aliphatic rings. The van der Waals surface area contributed by atoms with Crippen LogP contribution >= 0.6 is 0 Å². The lowest BCUT2D eigenvalue weighted by Crippen LogP contribution is -2.14. The van der Waals surface area contributed by atoms with E-state index in [1.54, 1.807) is 0 Å². The first kappa shape index (κ1) is 32.9. The molecule has 0 spiro atoms. The summed E-state index contributed by atoms with van der Waals surface area (Å²) >= 11 is 0. The zero-order valence-electron chi connectivity index (χ0n) is 32.3. The molecule has 0 atom stereocenters. The van der Waals surface area contributed by atoms with Crippen molar-refractivity contribution in [3.05, 3.63) is 204 Å². The van der Waals surface area contributed by atoms with E-state index >= 15 is 0 Å². The molecule has 0 heterocycles. The van der Waals surface area contributed by atoms with E-state index in [1.165, 1.54) is 111 Å². The topological polar surface area (TPSA) is 0 Å². The van der Waals surface area contributed by atoms with Crippen molar-refractivity contribution in [1.29, 1.82) is 0 Å². The standard InChI is InChI=1S/C56H42/c1-55(2)51-19-10-8-17-45(51)47-26-25-40(33-53(47)55)44-29-42(38-16-12-15-37(27-38)35-13-6-5-7-14-35)28-43(30-44)39-23-21-36-22-24-41-32-50-46-18-9-11-20-52(46)56(3,4)54(50)34-49(41)48(36)31-39/h5-34H,1-4H3. The van der Waals surface area contributed by atoms with Crippen molar-refractivity contribution in [2.45, 2.75) is 38.5 Å². The van der Waals surface area contributed by atoms with Crippen molar-refractivity contribution in [3.63, 3.8) is 0 Å². The van der Waals surface area contributed by atoms with E-state index in [2.05, 4.69) is 210 Å². The summed E-state index contributed by atoms with van der Waals surface area (Å²) in [6.07, 6.45) is 0. The first-order chi connectivity index (χ1) is 27.2. The molecule has 56 heavy (non-hydrogen) atoms. The minimum absolute atomic E-state index is 0.0524. The summed E-state index contributed by atoms with van der Waals surface area (Å²) in [6.45, 7) is 9.48. The molecule has 0 bridgehead atoms. The number of benzene rings is 9. The second-order valence-electron chi connectivity index (χ2n) is 17.0. The molecule has 0 heteroatoms. The SMILES string of the molecule is CC1(C)c2ccccc2-c2ccc(-c3cc(-c4cccc(-c5ccccc5)c4)cc(-c4ccc5ccc6cc7c(cc6c5c4)C(C)(C)c4ccccc4-7)c3)cc21. The predicted molar refractivity (Wildman–Crippen MR) is 238 cm³/mol. The Balaban J connectivity index is 1.10. The van der Waals surface area contributed by atoms with E-state index in [1.807, 2.05) is 0 Å². The van der Waals surface area contributed by atoms with Crippen molar-refractivity contribution in [1.82, 2.24) is 0 Å². The van der Waals surface area contributed by atoms with Crippen molar-refractivity contribution in [2.75, 3.05) is 0 Å². The summed E-state index contributed by atoms with van der Waals surface area (Å²) < 4.78 is 0. The maximum absolute atomic E-state index is 2.48.